The van der Waals surface area contributed by atoms with E-state index in [4.69, 9.17) is 0 Å². The molecule has 0 radical (unpaired) electrons. The van der Waals surface area contributed by atoms with Crippen LogP contribution in [0, 0.1) is 5.92 Å². The van der Waals surface area contributed by atoms with Crippen molar-refractivity contribution in [1.82, 2.24) is 4.90 Å². The van der Waals surface area contributed by atoms with Gasteiger partial charge in [0.15, 0.2) is 0 Å². The van der Waals surface area contributed by atoms with Crippen LogP contribution in [0.1, 0.15) is 57.6 Å². The molecule has 0 aromatic heterocycles. The number of benzene rings is 1. The van der Waals surface area contributed by atoms with Crippen molar-refractivity contribution in [1.29, 1.82) is 0 Å². The summed E-state index contributed by atoms with van der Waals surface area (Å²) < 4.78 is 0. The van der Waals surface area contributed by atoms with Crippen LogP contribution >= 0.6 is 0 Å². The quantitative estimate of drug-likeness (QED) is 0.872. The maximum atomic E-state index is 9.62. The van der Waals surface area contributed by atoms with Gasteiger partial charge in [0, 0.05) is 18.2 Å². The molecule has 1 aliphatic rings. The van der Waals surface area contributed by atoms with Crippen LogP contribution in [-0.4, -0.2) is 28.2 Å². The van der Waals surface area contributed by atoms with E-state index in [9.17, 15) is 10.2 Å². The van der Waals surface area contributed by atoms with Crippen molar-refractivity contribution in [3.8, 4) is 11.5 Å². The summed E-state index contributed by atoms with van der Waals surface area (Å²) in [7, 11) is 2.16. The van der Waals surface area contributed by atoms with E-state index in [0.717, 1.165) is 11.5 Å². The van der Waals surface area contributed by atoms with Gasteiger partial charge in [0.25, 0.3) is 0 Å². The van der Waals surface area contributed by atoms with Crippen LogP contribution in [0.15, 0.2) is 18.2 Å². The molecule has 1 aliphatic carbocycles. The predicted octanol–water partition coefficient (Wildman–Crippen LogP) is 4.06. The molecule has 1 aromatic carbocycles. The Morgan fingerprint density at radius 1 is 1.10 bits per heavy atom. The van der Waals surface area contributed by atoms with E-state index in [1.807, 2.05) is 0 Å². The first-order valence-electron chi connectivity index (χ1n) is 7.76. The minimum absolute atomic E-state index is 0.134. The van der Waals surface area contributed by atoms with Crippen molar-refractivity contribution < 1.29 is 10.2 Å². The van der Waals surface area contributed by atoms with E-state index in [2.05, 4.69) is 25.8 Å². The molecule has 2 rings (SSSR count). The van der Waals surface area contributed by atoms with Crippen LogP contribution < -0.4 is 0 Å². The number of hydrogen-bond acceptors (Lipinski definition) is 3. The first-order chi connectivity index (χ1) is 9.51. The van der Waals surface area contributed by atoms with Crippen molar-refractivity contribution in [3.05, 3.63) is 23.8 Å². The van der Waals surface area contributed by atoms with Crippen molar-refractivity contribution >= 4 is 0 Å². The third-order valence-corrected chi connectivity index (χ3v) is 4.99. The van der Waals surface area contributed by atoms with Crippen molar-refractivity contribution in [2.75, 3.05) is 7.05 Å². The summed E-state index contributed by atoms with van der Waals surface area (Å²) in [6, 6.07) is 5.69. The topological polar surface area (TPSA) is 43.7 Å². The monoisotopic (exact) mass is 277 g/mol. The van der Waals surface area contributed by atoms with Gasteiger partial charge >= 0.3 is 0 Å². The molecule has 1 fully saturated rings. The normalized spacial score (nSPS) is 24.8. The van der Waals surface area contributed by atoms with Crippen molar-refractivity contribution in [3.63, 3.8) is 0 Å². The summed E-state index contributed by atoms with van der Waals surface area (Å²) in [6.45, 7) is 4.42. The zero-order valence-corrected chi connectivity index (χ0v) is 12.8. The second-order valence-corrected chi connectivity index (χ2v) is 6.21. The Morgan fingerprint density at radius 3 is 2.15 bits per heavy atom. The second kappa shape index (κ2) is 6.49. The molecule has 0 spiro atoms. The maximum Gasteiger partial charge on any atom is 0.119 e. The first kappa shape index (κ1) is 15.2. The lowest BCUT2D eigenvalue weighted by Gasteiger charge is -2.38. The average molecular weight is 277 g/mol. The summed E-state index contributed by atoms with van der Waals surface area (Å²) in [5, 5.41) is 19.2. The zero-order valence-electron chi connectivity index (χ0n) is 12.8. The van der Waals surface area contributed by atoms with E-state index in [0.29, 0.717) is 6.04 Å². The minimum atomic E-state index is 0.134. The summed E-state index contributed by atoms with van der Waals surface area (Å²) in [5.74, 6) is 1.17. The van der Waals surface area contributed by atoms with E-state index >= 15 is 0 Å². The number of phenolic OH excluding ortho intramolecular Hbond substituents is 2. The Labute approximate surface area is 122 Å². The van der Waals surface area contributed by atoms with Gasteiger partial charge in [-0.05, 0) is 63.3 Å². The molecule has 0 amide bonds. The molecule has 0 saturated heterocycles. The van der Waals surface area contributed by atoms with Crippen LogP contribution in [-0.2, 0) is 0 Å². The third-order valence-electron chi connectivity index (χ3n) is 4.99. The van der Waals surface area contributed by atoms with Crippen LogP contribution in [0.4, 0.5) is 0 Å². The van der Waals surface area contributed by atoms with Gasteiger partial charge in [-0.15, -0.1) is 0 Å². The van der Waals surface area contributed by atoms with Crippen LogP contribution in [0.5, 0.6) is 11.5 Å². The van der Waals surface area contributed by atoms with Gasteiger partial charge in [0.1, 0.15) is 11.5 Å². The highest BCUT2D eigenvalue weighted by atomic mass is 16.3. The molecule has 3 nitrogen and oxygen atoms in total. The summed E-state index contributed by atoms with van der Waals surface area (Å²) in [5.41, 5.74) is 0.975. The van der Waals surface area contributed by atoms with Gasteiger partial charge < -0.3 is 10.2 Å². The van der Waals surface area contributed by atoms with Gasteiger partial charge in [0.2, 0.25) is 0 Å². The standard InChI is InChI=1S/C17H27NO2/c1-4-13-5-7-15(8-6-13)18(3)12(2)14-9-16(19)11-17(20)10-14/h9-13,15,19-20H,4-8H2,1-3H3. The van der Waals surface area contributed by atoms with Crippen molar-refractivity contribution in [2.45, 2.75) is 58.0 Å². The molecule has 1 unspecified atom stereocenters. The van der Waals surface area contributed by atoms with Gasteiger partial charge in [0.05, 0.1) is 0 Å². The SMILES string of the molecule is CCC1CCC(N(C)C(C)c2cc(O)cc(O)c2)CC1. The molecule has 112 valence electrons. The maximum absolute atomic E-state index is 9.62. The Kier molecular flexibility index (Phi) is 4.92. The van der Waals surface area contributed by atoms with Gasteiger partial charge in [-0.3, -0.25) is 4.90 Å². The van der Waals surface area contributed by atoms with E-state index in [1.165, 1.54) is 38.2 Å². The number of nitrogens with zero attached hydrogens (tertiary/aromatic N) is 1. The molecule has 0 heterocycles. The molecule has 3 heteroatoms. The highest BCUT2D eigenvalue weighted by Gasteiger charge is 2.26. The van der Waals surface area contributed by atoms with Gasteiger partial charge in [-0.1, -0.05) is 13.3 Å². The highest BCUT2D eigenvalue weighted by Crippen LogP contribution is 2.34. The lowest BCUT2D eigenvalue weighted by Crippen LogP contribution is -2.36. The van der Waals surface area contributed by atoms with E-state index in [-0.39, 0.29) is 17.5 Å². The third kappa shape index (κ3) is 3.45. The van der Waals surface area contributed by atoms with Crippen molar-refractivity contribution in [2.24, 2.45) is 5.92 Å². The fourth-order valence-corrected chi connectivity index (χ4v) is 3.37. The van der Waals surface area contributed by atoms with Crippen LogP contribution in [0.3, 0.4) is 0 Å². The largest absolute Gasteiger partial charge is 0.508 e. The number of aromatic hydroxyl groups is 2. The molecular weight excluding hydrogens is 250 g/mol. The lowest BCUT2D eigenvalue weighted by atomic mass is 9.83. The number of hydrogen-bond donors (Lipinski definition) is 2. The zero-order chi connectivity index (χ0) is 14.7. The highest BCUT2D eigenvalue weighted by molar-refractivity contribution is 5.38. The summed E-state index contributed by atoms with van der Waals surface area (Å²) >= 11 is 0. The van der Waals surface area contributed by atoms with Gasteiger partial charge in [-0.25, -0.2) is 0 Å². The molecular formula is C17H27NO2. The molecule has 1 saturated carbocycles. The smallest absolute Gasteiger partial charge is 0.119 e. The molecule has 20 heavy (non-hydrogen) atoms. The van der Waals surface area contributed by atoms with E-state index in [1.54, 1.807) is 12.1 Å². The lowest BCUT2D eigenvalue weighted by molar-refractivity contribution is 0.126. The molecule has 1 atom stereocenters. The Morgan fingerprint density at radius 2 is 1.65 bits per heavy atom. The Balaban J connectivity index is 2.03. The average Bonchev–Trinajstić information content (AvgIpc) is 2.45. The molecule has 0 bridgehead atoms. The molecule has 0 aliphatic heterocycles. The predicted molar refractivity (Wildman–Crippen MR) is 82.0 cm³/mol. The fourth-order valence-electron chi connectivity index (χ4n) is 3.37. The second-order valence-electron chi connectivity index (χ2n) is 6.21. The number of rotatable bonds is 4. The molecule has 2 N–H and O–H groups in total. The summed E-state index contributed by atoms with van der Waals surface area (Å²) in [4.78, 5) is 2.39. The molecule has 1 aromatic rings. The minimum Gasteiger partial charge on any atom is -0.508 e. The number of phenols is 2. The first-order valence-corrected chi connectivity index (χ1v) is 7.76. The van der Waals surface area contributed by atoms with E-state index < -0.39 is 0 Å². The Hall–Kier alpha value is -1.22. The van der Waals surface area contributed by atoms with Crippen LogP contribution in [0.2, 0.25) is 0 Å². The Bertz CT molecular complexity index is 418. The fraction of sp³-hybridized carbons (Fsp3) is 0.647. The van der Waals surface area contributed by atoms with Gasteiger partial charge in [-0.2, -0.15) is 0 Å². The van der Waals surface area contributed by atoms with Crippen LogP contribution in [0.25, 0.3) is 0 Å². The summed E-state index contributed by atoms with van der Waals surface area (Å²) in [6.07, 6.45) is 6.45.